The summed E-state index contributed by atoms with van der Waals surface area (Å²) in [6, 6.07) is 9.96. The number of benzene rings is 1. The zero-order valence-electron chi connectivity index (χ0n) is 12.2. The fourth-order valence-electron chi connectivity index (χ4n) is 2.83. The molecule has 4 nitrogen and oxygen atoms in total. The fourth-order valence-corrected chi connectivity index (χ4v) is 2.83. The second-order valence-corrected chi connectivity index (χ2v) is 5.59. The summed E-state index contributed by atoms with van der Waals surface area (Å²) in [5.41, 5.74) is 3.79. The summed E-state index contributed by atoms with van der Waals surface area (Å²) >= 11 is 0. The van der Waals surface area contributed by atoms with E-state index in [4.69, 9.17) is 0 Å². The number of carbonyl (C=O) groups is 2. The lowest BCUT2D eigenvalue weighted by Gasteiger charge is -2.30. The summed E-state index contributed by atoms with van der Waals surface area (Å²) in [5.74, 6) is 0.240. The van der Waals surface area contributed by atoms with Crippen LogP contribution in [0.1, 0.15) is 44.8 Å². The Labute approximate surface area is 123 Å². The Morgan fingerprint density at radius 1 is 1.33 bits per heavy atom. The highest BCUT2D eigenvalue weighted by Gasteiger charge is 2.26. The maximum absolute atomic E-state index is 12.2. The molecule has 0 fully saturated rings. The number of ketones is 1. The molecule has 0 aliphatic heterocycles. The normalized spacial score (nSPS) is 16.0. The van der Waals surface area contributed by atoms with E-state index < -0.39 is 0 Å². The largest absolute Gasteiger partial charge is 0.350 e. The number of aromatic nitrogens is 1. The van der Waals surface area contributed by atoms with Crippen LogP contribution in [-0.4, -0.2) is 22.8 Å². The van der Waals surface area contributed by atoms with Crippen molar-refractivity contribution in [3.05, 3.63) is 58.9 Å². The van der Waals surface area contributed by atoms with E-state index >= 15 is 0 Å². The number of hydrogen-bond acceptors (Lipinski definition) is 2. The van der Waals surface area contributed by atoms with Crippen LogP contribution in [0.2, 0.25) is 0 Å². The van der Waals surface area contributed by atoms with E-state index in [2.05, 4.69) is 17.4 Å². The monoisotopic (exact) mass is 282 g/mol. The molecular formula is C17H18N2O2. The first-order valence-corrected chi connectivity index (χ1v) is 7.09. The standard InChI is InChI=1S/C17H18N2O2/c1-11(20)14-8-16(19(2)10-14)17(21)18-9-13-7-12-5-3-4-6-15(12)13/h3-6,8,10,13H,7,9H2,1-2H3,(H,18,21)/t13-/m1/s1. The molecule has 1 aliphatic rings. The lowest BCUT2D eigenvalue weighted by Crippen LogP contribution is -2.33. The highest BCUT2D eigenvalue weighted by atomic mass is 16.2. The van der Waals surface area contributed by atoms with Crippen LogP contribution in [0.25, 0.3) is 0 Å². The van der Waals surface area contributed by atoms with Crippen molar-refractivity contribution >= 4 is 11.7 Å². The first kappa shape index (κ1) is 13.6. The third-order valence-corrected chi connectivity index (χ3v) is 4.11. The zero-order chi connectivity index (χ0) is 15.0. The maximum atomic E-state index is 12.2. The summed E-state index contributed by atoms with van der Waals surface area (Å²) in [6.07, 6.45) is 2.71. The predicted octanol–water partition coefficient (Wildman–Crippen LogP) is 2.30. The van der Waals surface area contributed by atoms with Gasteiger partial charge in [0.15, 0.2) is 5.78 Å². The molecule has 3 rings (SSSR count). The Morgan fingerprint density at radius 3 is 2.76 bits per heavy atom. The Bertz CT molecular complexity index is 715. The first-order chi connectivity index (χ1) is 10.1. The smallest absolute Gasteiger partial charge is 0.267 e. The Kier molecular flexibility index (Phi) is 3.37. The van der Waals surface area contributed by atoms with Gasteiger partial charge in [-0.05, 0) is 30.5 Å². The maximum Gasteiger partial charge on any atom is 0.267 e. The van der Waals surface area contributed by atoms with Gasteiger partial charge in [0, 0.05) is 31.3 Å². The van der Waals surface area contributed by atoms with Gasteiger partial charge in [0.25, 0.3) is 5.91 Å². The average molecular weight is 282 g/mol. The van der Waals surface area contributed by atoms with Crippen LogP contribution in [0, 0.1) is 0 Å². The van der Waals surface area contributed by atoms with Crippen molar-refractivity contribution < 1.29 is 9.59 Å². The van der Waals surface area contributed by atoms with Crippen LogP contribution < -0.4 is 5.32 Å². The van der Waals surface area contributed by atoms with E-state index in [0.29, 0.717) is 23.7 Å². The van der Waals surface area contributed by atoms with Crippen molar-refractivity contribution in [2.45, 2.75) is 19.3 Å². The molecule has 2 aromatic rings. The highest BCUT2D eigenvalue weighted by Crippen LogP contribution is 2.34. The summed E-state index contributed by atoms with van der Waals surface area (Å²) in [5, 5.41) is 2.96. The summed E-state index contributed by atoms with van der Waals surface area (Å²) in [6.45, 7) is 2.14. The quantitative estimate of drug-likeness (QED) is 0.875. The van der Waals surface area contributed by atoms with E-state index in [1.165, 1.54) is 18.1 Å². The number of nitrogens with one attached hydrogen (secondary N) is 1. The highest BCUT2D eigenvalue weighted by molar-refractivity contribution is 5.99. The van der Waals surface area contributed by atoms with Gasteiger partial charge >= 0.3 is 0 Å². The molecule has 0 bridgehead atoms. The SMILES string of the molecule is CC(=O)c1cc(C(=O)NC[C@H]2Cc3ccccc32)n(C)c1. The molecule has 0 radical (unpaired) electrons. The Balaban J connectivity index is 1.64. The lowest BCUT2D eigenvalue weighted by atomic mass is 9.77. The van der Waals surface area contributed by atoms with Crippen LogP contribution in [0.15, 0.2) is 36.5 Å². The summed E-state index contributed by atoms with van der Waals surface area (Å²) in [7, 11) is 1.78. The molecular weight excluding hydrogens is 264 g/mol. The summed E-state index contributed by atoms with van der Waals surface area (Å²) in [4.78, 5) is 23.6. The van der Waals surface area contributed by atoms with Crippen LogP contribution in [0.3, 0.4) is 0 Å². The minimum absolute atomic E-state index is 0.0300. The number of aryl methyl sites for hydroxylation is 1. The van der Waals surface area contributed by atoms with E-state index in [1.807, 2.05) is 12.1 Å². The molecule has 0 saturated carbocycles. The Hall–Kier alpha value is -2.36. The minimum atomic E-state index is -0.130. The molecule has 1 aliphatic carbocycles. The number of carbonyl (C=O) groups excluding carboxylic acids is 2. The van der Waals surface area contributed by atoms with Crippen LogP contribution in [-0.2, 0) is 13.5 Å². The van der Waals surface area contributed by atoms with Gasteiger partial charge in [0.1, 0.15) is 5.69 Å². The zero-order valence-corrected chi connectivity index (χ0v) is 12.2. The van der Waals surface area contributed by atoms with Crippen molar-refractivity contribution in [1.29, 1.82) is 0 Å². The van der Waals surface area contributed by atoms with Crippen LogP contribution in [0.4, 0.5) is 0 Å². The molecule has 1 atom stereocenters. The molecule has 4 heteroatoms. The van der Waals surface area contributed by atoms with Crippen molar-refractivity contribution in [1.82, 2.24) is 9.88 Å². The minimum Gasteiger partial charge on any atom is -0.350 e. The molecule has 21 heavy (non-hydrogen) atoms. The lowest BCUT2D eigenvalue weighted by molar-refractivity contribution is 0.0941. The van der Waals surface area contributed by atoms with E-state index in [1.54, 1.807) is 23.9 Å². The van der Waals surface area contributed by atoms with E-state index in [0.717, 1.165) is 6.42 Å². The van der Waals surface area contributed by atoms with Crippen LogP contribution >= 0.6 is 0 Å². The number of hydrogen-bond donors (Lipinski definition) is 1. The third-order valence-electron chi connectivity index (χ3n) is 4.11. The molecule has 1 amide bonds. The Morgan fingerprint density at radius 2 is 2.10 bits per heavy atom. The van der Waals surface area contributed by atoms with Gasteiger partial charge < -0.3 is 9.88 Å². The molecule has 0 saturated heterocycles. The van der Waals surface area contributed by atoms with Gasteiger partial charge in [-0.15, -0.1) is 0 Å². The second kappa shape index (κ2) is 5.20. The number of nitrogens with zero attached hydrogens (tertiary/aromatic N) is 1. The second-order valence-electron chi connectivity index (χ2n) is 5.59. The summed E-state index contributed by atoms with van der Waals surface area (Å²) < 4.78 is 1.70. The molecule has 108 valence electrons. The third kappa shape index (κ3) is 2.49. The predicted molar refractivity (Wildman–Crippen MR) is 80.6 cm³/mol. The topological polar surface area (TPSA) is 51.1 Å². The fraction of sp³-hybridized carbons (Fsp3) is 0.294. The molecule has 1 heterocycles. The number of Topliss-reactive ketones (excluding diaryl/α,β-unsaturated/α-hetero) is 1. The van der Waals surface area contributed by atoms with Crippen molar-refractivity contribution in [3.8, 4) is 0 Å². The molecule has 0 unspecified atom stereocenters. The molecule has 1 aromatic carbocycles. The van der Waals surface area contributed by atoms with Gasteiger partial charge in [0.2, 0.25) is 0 Å². The van der Waals surface area contributed by atoms with Crippen molar-refractivity contribution in [3.63, 3.8) is 0 Å². The van der Waals surface area contributed by atoms with Gasteiger partial charge in [-0.2, -0.15) is 0 Å². The van der Waals surface area contributed by atoms with Crippen LogP contribution in [0.5, 0.6) is 0 Å². The van der Waals surface area contributed by atoms with Crippen molar-refractivity contribution in [2.24, 2.45) is 7.05 Å². The number of rotatable bonds is 4. The first-order valence-electron chi connectivity index (χ1n) is 7.09. The van der Waals surface area contributed by atoms with Crippen molar-refractivity contribution in [2.75, 3.05) is 6.54 Å². The van der Waals surface area contributed by atoms with Gasteiger partial charge in [0.05, 0.1) is 0 Å². The number of amides is 1. The number of fused-ring (bicyclic) bond motifs is 1. The average Bonchev–Trinajstić information content (AvgIpc) is 2.82. The van der Waals surface area contributed by atoms with Gasteiger partial charge in [-0.1, -0.05) is 24.3 Å². The van der Waals surface area contributed by atoms with E-state index in [9.17, 15) is 9.59 Å². The van der Waals surface area contributed by atoms with E-state index in [-0.39, 0.29) is 11.7 Å². The van der Waals surface area contributed by atoms with Gasteiger partial charge in [-0.25, -0.2) is 0 Å². The molecule has 0 spiro atoms. The molecule has 1 aromatic heterocycles. The molecule has 1 N–H and O–H groups in total. The van der Waals surface area contributed by atoms with Gasteiger partial charge in [-0.3, -0.25) is 9.59 Å².